The predicted octanol–water partition coefficient (Wildman–Crippen LogP) is 5.59. The van der Waals surface area contributed by atoms with Gasteiger partial charge in [0.15, 0.2) is 5.76 Å². The number of aliphatic hydroxyl groups excluding tert-OH is 1. The van der Waals surface area contributed by atoms with Gasteiger partial charge in [-0.3, -0.25) is 9.69 Å². The Morgan fingerprint density at radius 3 is 2.61 bits per heavy atom. The quantitative estimate of drug-likeness (QED) is 0.307. The van der Waals surface area contributed by atoms with Crippen molar-refractivity contribution in [3.05, 3.63) is 69.0 Å². The van der Waals surface area contributed by atoms with E-state index in [0.717, 1.165) is 5.56 Å². The molecule has 4 rings (SSSR count). The molecule has 41 heavy (non-hydrogen) atoms. The highest BCUT2D eigenvalue weighted by Gasteiger charge is 2.33. The fourth-order valence-electron chi connectivity index (χ4n) is 4.78. The molecule has 3 amide bonds. The minimum atomic E-state index is -0.505. The maximum atomic E-state index is 13.7. The number of benzene rings is 2. The summed E-state index contributed by atoms with van der Waals surface area (Å²) >= 11 is 12.3. The van der Waals surface area contributed by atoms with Crippen molar-refractivity contribution in [2.24, 2.45) is 5.92 Å². The zero-order chi connectivity index (χ0) is 29.8. The third kappa shape index (κ3) is 7.32. The highest BCUT2D eigenvalue weighted by molar-refractivity contribution is 6.42. The van der Waals surface area contributed by atoms with Crippen LogP contribution >= 0.6 is 23.2 Å². The Labute approximate surface area is 249 Å². The number of urea groups is 1. The molecule has 0 bridgehead atoms. The summed E-state index contributed by atoms with van der Waals surface area (Å²) < 4.78 is 11.6. The Bertz CT molecular complexity index is 1390. The number of hydrogen-bond donors (Lipinski definition) is 3. The van der Waals surface area contributed by atoms with Gasteiger partial charge in [-0.05, 0) is 63.7 Å². The van der Waals surface area contributed by atoms with Crippen molar-refractivity contribution in [1.29, 1.82) is 0 Å². The van der Waals surface area contributed by atoms with Crippen molar-refractivity contribution in [1.82, 2.24) is 15.0 Å². The zero-order valence-corrected chi connectivity index (χ0v) is 25.2. The number of ether oxygens (including phenoxy) is 1. The smallest absolute Gasteiger partial charge is 0.323 e. The van der Waals surface area contributed by atoms with Crippen LogP contribution in [-0.4, -0.2) is 70.9 Å². The molecule has 10 nitrogen and oxygen atoms in total. The van der Waals surface area contributed by atoms with Gasteiger partial charge in [-0.15, -0.1) is 0 Å². The minimum absolute atomic E-state index is 0.0454. The lowest BCUT2D eigenvalue weighted by atomic mass is 9.99. The summed E-state index contributed by atoms with van der Waals surface area (Å²) in [6, 6.07) is 9.60. The van der Waals surface area contributed by atoms with Crippen molar-refractivity contribution in [3.8, 4) is 5.75 Å². The van der Waals surface area contributed by atoms with E-state index < -0.39 is 12.1 Å². The van der Waals surface area contributed by atoms with Crippen LogP contribution in [0.3, 0.4) is 0 Å². The van der Waals surface area contributed by atoms with Gasteiger partial charge in [0.05, 0.1) is 28.3 Å². The molecule has 0 aliphatic carbocycles. The number of anilines is 2. The molecule has 0 fully saturated rings. The first-order valence-corrected chi connectivity index (χ1v) is 14.1. The topological polar surface area (TPSA) is 120 Å². The van der Waals surface area contributed by atoms with E-state index in [1.807, 2.05) is 26.1 Å². The van der Waals surface area contributed by atoms with Crippen molar-refractivity contribution < 1.29 is 24.0 Å². The Morgan fingerprint density at radius 2 is 1.95 bits per heavy atom. The predicted molar refractivity (Wildman–Crippen MR) is 159 cm³/mol. The molecule has 1 aliphatic rings. The molecule has 0 unspecified atom stereocenters. The number of nitrogens with one attached hydrogen (secondary N) is 2. The second-order valence-electron chi connectivity index (χ2n) is 10.6. The van der Waals surface area contributed by atoms with Gasteiger partial charge in [0.2, 0.25) is 0 Å². The SMILES string of the molecule is Cc1noc(C)c1NC(=O)Nc1ccc2c(c1)C(=O)N([C@@H](C)CO)C[C@H](C)[C@H](CN(C)Cc1ccc(Cl)c(Cl)c1)O2. The standard InChI is InChI=1S/C29H35Cl2N5O5/c1-16-12-36(17(2)15-37)28(38)22-11-21(32-29(39)33-27-18(3)34-41-19(27)4)7-9-25(22)40-26(16)14-35(5)13-20-6-8-23(30)24(31)10-20/h6-11,16-17,26,37H,12-15H2,1-5H3,(H2,32,33,39)/t16-,17-,26-/m0/s1. The molecule has 0 saturated heterocycles. The second-order valence-corrected chi connectivity index (χ2v) is 11.4. The number of amides is 3. The number of nitrogens with zero attached hydrogens (tertiary/aromatic N) is 3. The van der Waals surface area contributed by atoms with Gasteiger partial charge in [0.25, 0.3) is 5.91 Å². The van der Waals surface area contributed by atoms with Gasteiger partial charge in [-0.2, -0.15) is 0 Å². The molecule has 1 aromatic heterocycles. The van der Waals surface area contributed by atoms with E-state index in [1.54, 1.807) is 49.9 Å². The first-order chi connectivity index (χ1) is 19.5. The van der Waals surface area contributed by atoms with Gasteiger partial charge in [0.1, 0.15) is 23.2 Å². The Balaban J connectivity index is 1.57. The average Bonchev–Trinajstić information content (AvgIpc) is 3.24. The summed E-state index contributed by atoms with van der Waals surface area (Å²) in [7, 11) is 1.99. The maximum Gasteiger partial charge on any atom is 0.323 e. The average molecular weight is 605 g/mol. The molecule has 3 N–H and O–H groups in total. The summed E-state index contributed by atoms with van der Waals surface area (Å²) in [5, 5.41) is 20.3. The van der Waals surface area contributed by atoms with E-state index in [1.165, 1.54) is 0 Å². The monoisotopic (exact) mass is 603 g/mol. The lowest BCUT2D eigenvalue weighted by Gasteiger charge is -2.38. The van der Waals surface area contributed by atoms with Crippen molar-refractivity contribution in [3.63, 3.8) is 0 Å². The molecule has 0 radical (unpaired) electrons. The third-order valence-corrected chi connectivity index (χ3v) is 7.86. The number of halogens is 2. The first-order valence-electron chi connectivity index (χ1n) is 13.3. The fourth-order valence-corrected chi connectivity index (χ4v) is 5.10. The van der Waals surface area contributed by atoms with E-state index in [9.17, 15) is 14.7 Å². The van der Waals surface area contributed by atoms with Crippen LogP contribution in [0.4, 0.5) is 16.2 Å². The third-order valence-electron chi connectivity index (χ3n) is 7.12. The van der Waals surface area contributed by atoms with Crippen LogP contribution in [0, 0.1) is 19.8 Å². The maximum absolute atomic E-state index is 13.7. The van der Waals surface area contributed by atoms with Crippen LogP contribution in [-0.2, 0) is 6.54 Å². The Hall–Kier alpha value is -3.31. The van der Waals surface area contributed by atoms with Gasteiger partial charge in [0, 0.05) is 31.2 Å². The van der Waals surface area contributed by atoms with Crippen LogP contribution in [0.25, 0.3) is 0 Å². The molecule has 220 valence electrons. The number of fused-ring (bicyclic) bond motifs is 1. The van der Waals surface area contributed by atoms with E-state index in [4.69, 9.17) is 32.5 Å². The van der Waals surface area contributed by atoms with Gasteiger partial charge in [-0.1, -0.05) is 41.3 Å². The van der Waals surface area contributed by atoms with Crippen molar-refractivity contribution in [2.45, 2.75) is 46.4 Å². The van der Waals surface area contributed by atoms with E-state index in [2.05, 4.69) is 20.7 Å². The molecule has 0 saturated carbocycles. The molecular weight excluding hydrogens is 569 g/mol. The summed E-state index contributed by atoms with van der Waals surface area (Å²) in [5.41, 5.74) is 2.75. The van der Waals surface area contributed by atoms with Crippen LogP contribution in [0.15, 0.2) is 40.9 Å². The summed E-state index contributed by atoms with van der Waals surface area (Å²) in [5.74, 6) is 0.556. The highest BCUT2D eigenvalue weighted by Crippen LogP contribution is 2.31. The number of carbonyl (C=O) groups is 2. The molecule has 2 aromatic carbocycles. The Kier molecular flexibility index (Phi) is 9.80. The molecule has 3 atom stereocenters. The number of carbonyl (C=O) groups excluding carboxylic acids is 2. The van der Waals surface area contributed by atoms with E-state index >= 15 is 0 Å². The second kappa shape index (κ2) is 13.1. The van der Waals surface area contributed by atoms with Crippen molar-refractivity contribution >= 4 is 46.5 Å². The number of aromatic nitrogens is 1. The van der Waals surface area contributed by atoms with Crippen LogP contribution < -0.4 is 15.4 Å². The largest absolute Gasteiger partial charge is 0.488 e. The number of hydrogen-bond acceptors (Lipinski definition) is 7. The molecule has 0 spiro atoms. The molecule has 2 heterocycles. The summed E-state index contributed by atoms with van der Waals surface area (Å²) in [4.78, 5) is 30.2. The number of aliphatic hydroxyl groups is 1. The first kappa shape index (κ1) is 30.6. The lowest BCUT2D eigenvalue weighted by Crippen LogP contribution is -2.49. The van der Waals surface area contributed by atoms with Crippen molar-refractivity contribution in [2.75, 3.05) is 37.4 Å². The lowest BCUT2D eigenvalue weighted by molar-refractivity contribution is 0.0341. The summed E-state index contributed by atoms with van der Waals surface area (Å²) in [6.07, 6.45) is -0.273. The molecular formula is C29H35Cl2N5O5. The van der Waals surface area contributed by atoms with Gasteiger partial charge >= 0.3 is 6.03 Å². The van der Waals surface area contributed by atoms with Crippen LogP contribution in [0.5, 0.6) is 5.75 Å². The fraction of sp³-hybridized carbons (Fsp3) is 0.414. The number of rotatable bonds is 8. The van der Waals surface area contributed by atoms with Crippen LogP contribution in [0.1, 0.15) is 41.2 Å². The minimum Gasteiger partial charge on any atom is -0.488 e. The number of aryl methyl sites for hydroxylation is 2. The Morgan fingerprint density at radius 1 is 1.20 bits per heavy atom. The molecule has 12 heteroatoms. The number of likely N-dealkylation sites (N-methyl/N-ethyl adjacent to an activating group) is 1. The van der Waals surface area contributed by atoms with Crippen LogP contribution in [0.2, 0.25) is 10.0 Å². The summed E-state index contributed by atoms with van der Waals surface area (Å²) in [6.45, 7) is 8.64. The molecule has 1 aliphatic heterocycles. The molecule has 3 aromatic rings. The highest BCUT2D eigenvalue weighted by atomic mass is 35.5. The zero-order valence-electron chi connectivity index (χ0n) is 23.7. The van der Waals surface area contributed by atoms with E-state index in [0.29, 0.717) is 63.8 Å². The van der Waals surface area contributed by atoms with E-state index in [-0.39, 0.29) is 24.5 Å². The van der Waals surface area contributed by atoms with Gasteiger partial charge < -0.3 is 29.9 Å². The van der Waals surface area contributed by atoms with Gasteiger partial charge in [-0.25, -0.2) is 4.79 Å². The normalized spacial score (nSPS) is 17.9.